The van der Waals surface area contributed by atoms with Crippen molar-refractivity contribution in [1.82, 2.24) is 0 Å². The Kier molecular flexibility index (Phi) is 2.82. The van der Waals surface area contributed by atoms with Crippen molar-refractivity contribution in [3.63, 3.8) is 0 Å². The number of ether oxygens (including phenoxy) is 1. The fraction of sp³-hybridized carbons (Fsp3) is 0.500. The zero-order chi connectivity index (χ0) is 10.8. The molecule has 0 bridgehead atoms. The van der Waals surface area contributed by atoms with Gasteiger partial charge in [0.05, 0.1) is 23.6 Å². The summed E-state index contributed by atoms with van der Waals surface area (Å²) in [5, 5.41) is 0. The van der Waals surface area contributed by atoms with Crippen LogP contribution in [0.1, 0.15) is 13.8 Å². The second-order valence-electron chi connectivity index (χ2n) is 4.22. The summed E-state index contributed by atoms with van der Waals surface area (Å²) in [5.74, 6) is 0. The third-order valence-corrected chi connectivity index (χ3v) is 2.70. The summed E-state index contributed by atoms with van der Waals surface area (Å²) >= 11 is 0. The van der Waals surface area contributed by atoms with Crippen LogP contribution in [0.4, 0.5) is 11.4 Å². The topological polar surface area (TPSA) is 38.5 Å². The van der Waals surface area contributed by atoms with Gasteiger partial charge in [0.25, 0.3) is 0 Å². The molecule has 1 aliphatic rings. The minimum Gasteiger partial charge on any atom is -0.397 e. The Balaban J connectivity index is 2.20. The van der Waals surface area contributed by atoms with E-state index in [-0.39, 0.29) is 12.2 Å². The van der Waals surface area contributed by atoms with E-state index in [1.165, 1.54) is 0 Å². The van der Waals surface area contributed by atoms with Crippen LogP contribution in [0.25, 0.3) is 0 Å². The Morgan fingerprint density at radius 2 is 1.80 bits per heavy atom. The normalized spacial score (nSPS) is 26.7. The van der Waals surface area contributed by atoms with E-state index in [9.17, 15) is 0 Å². The van der Waals surface area contributed by atoms with Gasteiger partial charge in [-0.3, -0.25) is 0 Å². The second-order valence-corrected chi connectivity index (χ2v) is 4.22. The third kappa shape index (κ3) is 2.23. The van der Waals surface area contributed by atoms with E-state index in [1.807, 2.05) is 18.2 Å². The summed E-state index contributed by atoms with van der Waals surface area (Å²) in [6.07, 6.45) is 0.543. The van der Waals surface area contributed by atoms with Gasteiger partial charge < -0.3 is 15.4 Å². The summed E-state index contributed by atoms with van der Waals surface area (Å²) in [5.41, 5.74) is 7.93. The molecule has 0 unspecified atom stereocenters. The van der Waals surface area contributed by atoms with Crippen LogP contribution in [0, 0.1) is 0 Å². The highest BCUT2D eigenvalue weighted by atomic mass is 16.5. The van der Waals surface area contributed by atoms with Gasteiger partial charge in [0.2, 0.25) is 0 Å². The smallest absolute Gasteiger partial charge is 0.0726 e. The predicted molar refractivity (Wildman–Crippen MR) is 63.1 cm³/mol. The van der Waals surface area contributed by atoms with Crippen molar-refractivity contribution in [3.05, 3.63) is 24.3 Å². The molecule has 1 heterocycles. The Hall–Kier alpha value is -1.22. The van der Waals surface area contributed by atoms with Gasteiger partial charge in [-0.05, 0) is 26.0 Å². The number of nitrogen functional groups attached to an aromatic ring is 1. The molecule has 0 aliphatic carbocycles. The number of hydrogen-bond donors (Lipinski definition) is 1. The molecule has 82 valence electrons. The second kappa shape index (κ2) is 4.11. The third-order valence-electron chi connectivity index (χ3n) is 2.70. The fourth-order valence-corrected chi connectivity index (χ4v) is 2.15. The highest BCUT2D eigenvalue weighted by Gasteiger charge is 2.23. The Morgan fingerprint density at radius 1 is 1.20 bits per heavy atom. The minimum absolute atomic E-state index is 0.272. The maximum absolute atomic E-state index is 5.96. The van der Waals surface area contributed by atoms with Gasteiger partial charge in [0, 0.05) is 13.1 Å². The van der Waals surface area contributed by atoms with Crippen LogP contribution >= 0.6 is 0 Å². The number of para-hydroxylation sites is 2. The van der Waals surface area contributed by atoms with E-state index < -0.39 is 0 Å². The van der Waals surface area contributed by atoms with E-state index in [2.05, 4.69) is 24.8 Å². The van der Waals surface area contributed by atoms with E-state index in [0.717, 1.165) is 24.5 Å². The lowest BCUT2D eigenvalue weighted by Gasteiger charge is -2.37. The van der Waals surface area contributed by atoms with Crippen LogP contribution in [-0.2, 0) is 4.74 Å². The standard InChI is InChI=1S/C12H18N2O/c1-9-7-14(8-10(2)15-9)12-6-4-3-5-11(12)13/h3-6,9-10H,7-8,13H2,1-2H3/t9-,10-/m1/s1. The monoisotopic (exact) mass is 206 g/mol. The molecule has 3 nitrogen and oxygen atoms in total. The van der Waals surface area contributed by atoms with E-state index in [1.54, 1.807) is 0 Å². The number of morpholine rings is 1. The van der Waals surface area contributed by atoms with Crippen molar-refractivity contribution < 1.29 is 4.74 Å². The molecule has 2 N–H and O–H groups in total. The molecule has 1 fully saturated rings. The molecule has 1 aliphatic heterocycles. The summed E-state index contributed by atoms with van der Waals surface area (Å²) in [6, 6.07) is 8.00. The molecule has 0 radical (unpaired) electrons. The number of nitrogens with two attached hydrogens (primary N) is 1. The van der Waals surface area contributed by atoms with Crippen molar-refractivity contribution in [1.29, 1.82) is 0 Å². The molecule has 0 amide bonds. The van der Waals surface area contributed by atoms with Gasteiger partial charge in [-0.25, -0.2) is 0 Å². The van der Waals surface area contributed by atoms with Crippen LogP contribution in [0.3, 0.4) is 0 Å². The van der Waals surface area contributed by atoms with Crippen molar-refractivity contribution >= 4 is 11.4 Å². The first kappa shape index (κ1) is 10.3. The predicted octanol–water partition coefficient (Wildman–Crippen LogP) is 1.88. The Morgan fingerprint density at radius 3 is 2.40 bits per heavy atom. The van der Waals surface area contributed by atoms with Crippen molar-refractivity contribution in [2.24, 2.45) is 0 Å². The van der Waals surface area contributed by atoms with Crippen LogP contribution in [0.2, 0.25) is 0 Å². The molecule has 1 saturated heterocycles. The van der Waals surface area contributed by atoms with Crippen LogP contribution < -0.4 is 10.6 Å². The molecule has 0 spiro atoms. The lowest BCUT2D eigenvalue weighted by Crippen LogP contribution is -2.45. The van der Waals surface area contributed by atoms with Crippen molar-refractivity contribution in [2.75, 3.05) is 23.7 Å². The molecule has 2 atom stereocenters. The Labute approximate surface area is 90.8 Å². The number of hydrogen-bond acceptors (Lipinski definition) is 3. The number of benzene rings is 1. The average molecular weight is 206 g/mol. The summed E-state index contributed by atoms with van der Waals surface area (Å²) in [4.78, 5) is 2.30. The fourth-order valence-electron chi connectivity index (χ4n) is 2.15. The maximum Gasteiger partial charge on any atom is 0.0726 e. The lowest BCUT2D eigenvalue weighted by atomic mass is 10.2. The van der Waals surface area contributed by atoms with Crippen LogP contribution in [0.15, 0.2) is 24.3 Å². The molecule has 3 heteroatoms. The SMILES string of the molecule is C[C@@H]1CN(c2ccccc2N)C[C@@H](C)O1. The summed E-state index contributed by atoms with van der Waals surface area (Å²) in [6.45, 7) is 6.03. The molecular formula is C12H18N2O. The highest BCUT2D eigenvalue weighted by Crippen LogP contribution is 2.25. The molecule has 1 aromatic rings. The highest BCUT2D eigenvalue weighted by molar-refractivity contribution is 5.67. The van der Waals surface area contributed by atoms with Crippen molar-refractivity contribution in [2.45, 2.75) is 26.1 Å². The van der Waals surface area contributed by atoms with Gasteiger partial charge >= 0.3 is 0 Å². The summed E-state index contributed by atoms with van der Waals surface area (Å²) in [7, 11) is 0. The van der Waals surface area contributed by atoms with E-state index >= 15 is 0 Å². The Bertz CT molecular complexity index is 330. The first-order chi connectivity index (χ1) is 7.16. The van der Waals surface area contributed by atoms with Crippen LogP contribution in [0.5, 0.6) is 0 Å². The molecule has 15 heavy (non-hydrogen) atoms. The number of anilines is 2. The van der Waals surface area contributed by atoms with Gasteiger partial charge in [-0.15, -0.1) is 0 Å². The molecular weight excluding hydrogens is 188 g/mol. The zero-order valence-corrected chi connectivity index (χ0v) is 9.31. The first-order valence-electron chi connectivity index (χ1n) is 5.41. The number of nitrogens with zero attached hydrogens (tertiary/aromatic N) is 1. The minimum atomic E-state index is 0.272. The zero-order valence-electron chi connectivity index (χ0n) is 9.31. The van der Waals surface area contributed by atoms with Crippen LogP contribution in [-0.4, -0.2) is 25.3 Å². The largest absolute Gasteiger partial charge is 0.397 e. The molecule has 1 aromatic carbocycles. The van der Waals surface area contributed by atoms with E-state index in [0.29, 0.717) is 0 Å². The molecule has 2 rings (SSSR count). The van der Waals surface area contributed by atoms with Gasteiger partial charge in [-0.2, -0.15) is 0 Å². The van der Waals surface area contributed by atoms with Gasteiger partial charge in [0.1, 0.15) is 0 Å². The van der Waals surface area contributed by atoms with E-state index in [4.69, 9.17) is 10.5 Å². The molecule has 0 saturated carbocycles. The quantitative estimate of drug-likeness (QED) is 0.713. The van der Waals surface area contributed by atoms with Gasteiger partial charge in [0.15, 0.2) is 0 Å². The van der Waals surface area contributed by atoms with Crippen molar-refractivity contribution in [3.8, 4) is 0 Å². The average Bonchev–Trinajstić information content (AvgIpc) is 2.16. The molecule has 0 aromatic heterocycles. The van der Waals surface area contributed by atoms with Gasteiger partial charge in [-0.1, -0.05) is 12.1 Å². The maximum atomic E-state index is 5.96. The lowest BCUT2D eigenvalue weighted by molar-refractivity contribution is -0.00517. The first-order valence-corrected chi connectivity index (χ1v) is 5.41. The number of rotatable bonds is 1. The summed E-state index contributed by atoms with van der Waals surface area (Å²) < 4.78 is 5.70.